The average molecular weight is 907 g/mol. The Morgan fingerprint density at radius 1 is 0.296 bits per heavy atom. The van der Waals surface area contributed by atoms with Crippen molar-refractivity contribution in [3.63, 3.8) is 0 Å². The molecule has 1 aliphatic rings. The lowest BCUT2D eigenvalue weighted by atomic mass is 9.82. The molecule has 0 N–H and O–H groups in total. The quantitative estimate of drug-likeness (QED) is 0.160. The van der Waals surface area contributed by atoms with Crippen LogP contribution >= 0.6 is 0 Å². The summed E-state index contributed by atoms with van der Waals surface area (Å²) in [5, 5.41) is 4.97. The number of benzene rings is 10. The Hall–Kier alpha value is -9.12. The Balaban J connectivity index is 0.847. The van der Waals surface area contributed by atoms with E-state index in [2.05, 4.69) is 260 Å². The first-order valence-electron chi connectivity index (χ1n) is 24.5. The number of fused-ring (bicyclic) bond motifs is 9. The molecule has 0 unspecified atom stereocenters. The largest absolute Gasteiger partial charge is 0.309 e. The van der Waals surface area contributed by atoms with Crippen molar-refractivity contribution in [2.45, 2.75) is 19.3 Å². The van der Waals surface area contributed by atoms with Gasteiger partial charge < -0.3 is 9.13 Å². The third kappa shape index (κ3) is 6.60. The first-order chi connectivity index (χ1) is 34.9. The second-order valence-electron chi connectivity index (χ2n) is 19.4. The van der Waals surface area contributed by atoms with Crippen molar-refractivity contribution in [1.82, 2.24) is 19.1 Å². The summed E-state index contributed by atoms with van der Waals surface area (Å²) in [6, 6.07) is 88.0. The minimum Gasteiger partial charge on any atom is -0.309 e. The van der Waals surface area contributed by atoms with E-state index >= 15 is 0 Å². The number of hydrogen-bond acceptors (Lipinski definition) is 2. The highest BCUT2D eigenvalue weighted by molar-refractivity contribution is 6.11. The van der Waals surface area contributed by atoms with E-state index in [1.165, 1.54) is 65.9 Å². The van der Waals surface area contributed by atoms with E-state index in [4.69, 9.17) is 9.97 Å². The fourth-order valence-corrected chi connectivity index (χ4v) is 11.4. The standard InChI is InChI=1S/C67H46N4/c1-67(2)58-23-11-6-18-52(58)53-37-36-48(40-59(53)67)61-42-60(46-16-4-3-5-17-46)68-66(69-61)47-34-32-44(33-35-47)43-28-30-45(31-29-43)49-38-50(70-62-24-12-7-19-54(62)55-20-8-13-25-63(55)70)41-51(39-49)71-64-26-14-9-21-56(64)57-22-10-15-27-65(57)71/h3-42H,1-2H3. The molecule has 10 aromatic carbocycles. The van der Waals surface area contributed by atoms with E-state index in [0.717, 1.165) is 61.7 Å². The summed E-state index contributed by atoms with van der Waals surface area (Å²) in [7, 11) is 0. The first-order valence-corrected chi connectivity index (χ1v) is 24.5. The van der Waals surface area contributed by atoms with Crippen LogP contribution in [0.3, 0.4) is 0 Å². The van der Waals surface area contributed by atoms with Crippen molar-refractivity contribution in [1.29, 1.82) is 0 Å². The van der Waals surface area contributed by atoms with Gasteiger partial charge in [-0.25, -0.2) is 9.97 Å². The molecule has 0 saturated carbocycles. The minimum absolute atomic E-state index is 0.109. The first kappa shape index (κ1) is 40.9. The summed E-state index contributed by atoms with van der Waals surface area (Å²) in [5.74, 6) is 0.702. The van der Waals surface area contributed by atoms with Crippen LogP contribution in [0, 0.1) is 0 Å². The molecule has 14 rings (SSSR count). The van der Waals surface area contributed by atoms with Crippen LogP contribution in [0.2, 0.25) is 0 Å². The van der Waals surface area contributed by atoms with E-state index < -0.39 is 0 Å². The zero-order valence-corrected chi connectivity index (χ0v) is 39.4. The van der Waals surface area contributed by atoms with E-state index in [1.54, 1.807) is 0 Å². The van der Waals surface area contributed by atoms with E-state index in [9.17, 15) is 0 Å². The monoisotopic (exact) mass is 906 g/mol. The Labute approximate surface area is 412 Å². The molecule has 1 aliphatic carbocycles. The molecule has 334 valence electrons. The van der Waals surface area contributed by atoms with Gasteiger partial charge in [0.15, 0.2) is 5.82 Å². The summed E-state index contributed by atoms with van der Waals surface area (Å²) in [6.45, 7) is 4.65. The third-order valence-corrected chi connectivity index (χ3v) is 14.9. The Kier molecular flexibility index (Phi) is 9.21. The number of nitrogens with zero attached hydrogens (tertiary/aromatic N) is 4. The zero-order chi connectivity index (χ0) is 47.2. The predicted octanol–water partition coefficient (Wildman–Crippen LogP) is 17.3. The SMILES string of the molecule is CC1(C)c2ccccc2-c2ccc(-c3cc(-c4ccccc4)nc(-c4ccc(-c5ccc(-c6cc(-n7c8ccccc8c8ccccc87)cc(-n7c8ccccc8c8ccccc87)c6)cc5)cc4)n3)cc21. The van der Waals surface area contributed by atoms with Gasteiger partial charge in [0.2, 0.25) is 0 Å². The summed E-state index contributed by atoms with van der Waals surface area (Å²) in [5.41, 5.74) is 21.7. The van der Waals surface area contributed by atoms with Crippen molar-refractivity contribution in [2.24, 2.45) is 0 Å². The van der Waals surface area contributed by atoms with Crippen molar-refractivity contribution in [2.75, 3.05) is 0 Å². The van der Waals surface area contributed by atoms with E-state index in [0.29, 0.717) is 5.82 Å². The maximum absolute atomic E-state index is 5.27. The highest BCUT2D eigenvalue weighted by Crippen LogP contribution is 2.49. The fraction of sp³-hybridized carbons (Fsp3) is 0.0448. The molecule has 0 amide bonds. The van der Waals surface area contributed by atoms with Gasteiger partial charge in [-0.1, -0.05) is 202 Å². The van der Waals surface area contributed by atoms with Crippen LogP contribution in [0.25, 0.3) is 122 Å². The highest BCUT2D eigenvalue weighted by Gasteiger charge is 2.35. The van der Waals surface area contributed by atoms with Crippen molar-refractivity contribution >= 4 is 43.6 Å². The molecule has 4 nitrogen and oxygen atoms in total. The van der Waals surface area contributed by atoms with Gasteiger partial charge in [-0.3, -0.25) is 0 Å². The van der Waals surface area contributed by atoms with Gasteiger partial charge in [-0.05, 0) is 99.1 Å². The van der Waals surface area contributed by atoms with Crippen LogP contribution in [-0.4, -0.2) is 19.1 Å². The van der Waals surface area contributed by atoms with Crippen LogP contribution < -0.4 is 0 Å². The molecule has 0 spiro atoms. The number of hydrogen-bond donors (Lipinski definition) is 0. The smallest absolute Gasteiger partial charge is 0.160 e. The topological polar surface area (TPSA) is 35.6 Å². The van der Waals surface area contributed by atoms with Crippen molar-refractivity contribution in [3.05, 3.63) is 254 Å². The lowest BCUT2D eigenvalue weighted by molar-refractivity contribution is 0.660. The van der Waals surface area contributed by atoms with Gasteiger partial charge >= 0.3 is 0 Å². The lowest BCUT2D eigenvalue weighted by Crippen LogP contribution is -2.14. The molecule has 0 aliphatic heterocycles. The molecular formula is C67H46N4. The second kappa shape index (κ2) is 16.0. The third-order valence-electron chi connectivity index (χ3n) is 14.9. The molecule has 3 heterocycles. The Morgan fingerprint density at radius 3 is 1.24 bits per heavy atom. The predicted molar refractivity (Wildman–Crippen MR) is 295 cm³/mol. The lowest BCUT2D eigenvalue weighted by Gasteiger charge is -2.22. The molecule has 0 bridgehead atoms. The van der Waals surface area contributed by atoms with Gasteiger partial charge in [0.1, 0.15) is 0 Å². The van der Waals surface area contributed by atoms with Crippen molar-refractivity contribution < 1.29 is 0 Å². The number of rotatable bonds is 7. The van der Waals surface area contributed by atoms with E-state index in [1.807, 2.05) is 6.07 Å². The number of aromatic nitrogens is 4. The van der Waals surface area contributed by atoms with Crippen LogP contribution in [-0.2, 0) is 5.41 Å². The van der Waals surface area contributed by atoms with Crippen LogP contribution in [0.5, 0.6) is 0 Å². The van der Waals surface area contributed by atoms with Crippen LogP contribution in [0.1, 0.15) is 25.0 Å². The Morgan fingerprint density at radius 2 is 0.704 bits per heavy atom. The molecule has 0 radical (unpaired) electrons. The molecule has 0 atom stereocenters. The minimum atomic E-state index is -0.109. The van der Waals surface area contributed by atoms with Crippen LogP contribution in [0.4, 0.5) is 0 Å². The van der Waals surface area contributed by atoms with Crippen LogP contribution in [0.15, 0.2) is 243 Å². The summed E-state index contributed by atoms with van der Waals surface area (Å²) < 4.78 is 4.85. The van der Waals surface area contributed by atoms with Gasteiger partial charge in [-0.2, -0.15) is 0 Å². The van der Waals surface area contributed by atoms with Gasteiger partial charge in [0.25, 0.3) is 0 Å². The fourth-order valence-electron chi connectivity index (χ4n) is 11.4. The number of para-hydroxylation sites is 4. The van der Waals surface area contributed by atoms with Gasteiger partial charge in [-0.15, -0.1) is 0 Å². The Bertz CT molecular complexity index is 3990. The maximum Gasteiger partial charge on any atom is 0.160 e. The highest BCUT2D eigenvalue weighted by atomic mass is 15.0. The second-order valence-corrected chi connectivity index (χ2v) is 19.4. The summed E-state index contributed by atoms with van der Waals surface area (Å²) >= 11 is 0. The molecule has 3 aromatic heterocycles. The molecule has 0 saturated heterocycles. The molecular weight excluding hydrogens is 861 g/mol. The normalized spacial score (nSPS) is 12.8. The van der Waals surface area contributed by atoms with E-state index in [-0.39, 0.29) is 5.41 Å². The molecule has 71 heavy (non-hydrogen) atoms. The summed E-state index contributed by atoms with van der Waals surface area (Å²) in [6.07, 6.45) is 0. The molecule has 13 aromatic rings. The molecule has 4 heteroatoms. The maximum atomic E-state index is 5.27. The van der Waals surface area contributed by atoms with Gasteiger partial charge in [0, 0.05) is 55.0 Å². The average Bonchev–Trinajstić information content (AvgIpc) is 4.04. The summed E-state index contributed by atoms with van der Waals surface area (Å²) in [4.78, 5) is 10.5. The van der Waals surface area contributed by atoms with Gasteiger partial charge in [0.05, 0.1) is 33.5 Å². The van der Waals surface area contributed by atoms with Crippen molar-refractivity contribution in [3.8, 4) is 78.7 Å². The zero-order valence-electron chi connectivity index (χ0n) is 39.4. The molecule has 0 fully saturated rings.